The molecule has 1 heterocycles. The van der Waals surface area contributed by atoms with Gasteiger partial charge >= 0.3 is 6.01 Å². The molecule has 0 unspecified atom stereocenters. The van der Waals surface area contributed by atoms with Crippen LogP contribution >= 0.6 is 0 Å². The minimum atomic E-state index is -0.399. The molecule has 8 nitrogen and oxygen atoms in total. The number of methoxy groups -OCH3 is 2. The van der Waals surface area contributed by atoms with Crippen molar-refractivity contribution in [2.75, 3.05) is 32.8 Å². The van der Waals surface area contributed by atoms with Crippen molar-refractivity contribution in [1.29, 1.82) is 0 Å². The quantitative estimate of drug-likeness (QED) is 0.784. The van der Waals surface area contributed by atoms with Crippen LogP contribution < -0.4 is 24.3 Å². The molecule has 1 N–H and O–H groups in total. The van der Waals surface area contributed by atoms with Crippen LogP contribution in [0.4, 0.5) is 5.69 Å². The molecule has 0 saturated heterocycles. The normalized spacial score (nSPS) is 10.1. The van der Waals surface area contributed by atoms with Gasteiger partial charge in [0.2, 0.25) is 5.88 Å². The Bertz CT molecular complexity index is 736. The Morgan fingerprint density at radius 2 is 1.88 bits per heavy atom. The maximum absolute atomic E-state index is 12.6. The average Bonchev–Trinajstić information content (AvgIpc) is 2.63. The first-order valence-electron chi connectivity index (χ1n) is 7.79. The molecular formula is C17H21N3O5. The van der Waals surface area contributed by atoms with Crippen molar-refractivity contribution >= 4 is 11.6 Å². The summed E-state index contributed by atoms with van der Waals surface area (Å²) in [5.74, 6) is 0.635. The van der Waals surface area contributed by atoms with Crippen molar-refractivity contribution < 1.29 is 23.7 Å². The number of rotatable bonds is 8. The number of carbonyl (C=O) groups is 1. The zero-order chi connectivity index (χ0) is 18.2. The molecule has 1 aromatic carbocycles. The van der Waals surface area contributed by atoms with Gasteiger partial charge in [-0.25, -0.2) is 4.98 Å². The summed E-state index contributed by atoms with van der Waals surface area (Å²) in [6, 6.07) is 5.23. The van der Waals surface area contributed by atoms with Crippen LogP contribution in [-0.4, -0.2) is 43.3 Å². The summed E-state index contributed by atoms with van der Waals surface area (Å²) in [6.45, 7) is 4.46. The van der Waals surface area contributed by atoms with Crippen LogP contribution in [0.5, 0.6) is 23.4 Å². The van der Waals surface area contributed by atoms with E-state index in [1.807, 2.05) is 13.8 Å². The van der Waals surface area contributed by atoms with Crippen LogP contribution in [-0.2, 0) is 0 Å². The first-order chi connectivity index (χ1) is 12.1. The summed E-state index contributed by atoms with van der Waals surface area (Å²) in [5.41, 5.74) is 0.651. The molecular weight excluding hydrogens is 326 g/mol. The lowest BCUT2D eigenvalue weighted by Gasteiger charge is -2.14. The number of nitrogens with zero attached hydrogens (tertiary/aromatic N) is 2. The number of aromatic nitrogens is 2. The predicted molar refractivity (Wildman–Crippen MR) is 91.9 cm³/mol. The minimum Gasteiger partial charge on any atom is -0.493 e. The van der Waals surface area contributed by atoms with Crippen LogP contribution in [0.25, 0.3) is 0 Å². The van der Waals surface area contributed by atoms with E-state index in [0.29, 0.717) is 36.0 Å². The Kier molecular flexibility index (Phi) is 6.39. The molecule has 2 aromatic rings. The second-order valence-electron chi connectivity index (χ2n) is 4.73. The fourth-order valence-corrected chi connectivity index (χ4v) is 2.14. The van der Waals surface area contributed by atoms with E-state index in [-0.39, 0.29) is 11.9 Å². The van der Waals surface area contributed by atoms with E-state index in [0.717, 1.165) is 0 Å². The molecule has 0 atom stereocenters. The van der Waals surface area contributed by atoms with Crippen LogP contribution in [0.1, 0.15) is 24.2 Å². The average molecular weight is 347 g/mol. The summed E-state index contributed by atoms with van der Waals surface area (Å²) in [5, 5.41) is 2.73. The van der Waals surface area contributed by atoms with Gasteiger partial charge in [0.15, 0.2) is 11.5 Å². The Morgan fingerprint density at radius 1 is 1.12 bits per heavy atom. The van der Waals surface area contributed by atoms with Gasteiger partial charge in [0.25, 0.3) is 5.91 Å². The fraction of sp³-hybridized carbons (Fsp3) is 0.353. The maximum Gasteiger partial charge on any atom is 0.319 e. The molecule has 1 amide bonds. The number of anilines is 1. The molecule has 0 fully saturated rings. The van der Waals surface area contributed by atoms with E-state index in [4.69, 9.17) is 18.9 Å². The standard InChI is InChI=1S/C17H21N3O5/c1-5-24-16-12(10-18-17(20-16)25-6-2)19-15(21)11-8-7-9-13(22-3)14(11)23-4/h7-10H,5-6H2,1-4H3,(H,19,21). The summed E-state index contributed by atoms with van der Waals surface area (Å²) >= 11 is 0. The number of ether oxygens (including phenoxy) is 4. The topological polar surface area (TPSA) is 91.8 Å². The van der Waals surface area contributed by atoms with Gasteiger partial charge in [-0.15, -0.1) is 0 Å². The van der Waals surface area contributed by atoms with Crippen LogP contribution in [0.3, 0.4) is 0 Å². The lowest BCUT2D eigenvalue weighted by molar-refractivity contribution is 0.102. The number of para-hydroxylation sites is 1. The third kappa shape index (κ3) is 4.28. The zero-order valence-electron chi connectivity index (χ0n) is 14.7. The van der Waals surface area contributed by atoms with Gasteiger partial charge in [-0.05, 0) is 26.0 Å². The Hall–Kier alpha value is -3.03. The number of amides is 1. The molecule has 8 heteroatoms. The first kappa shape index (κ1) is 18.3. The van der Waals surface area contributed by atoms with E-state index in [9.17, 15) is 4.79 Å². The monoisotopic (exact) mass is 347 g/mol. The molecule has 0 bridgehead atoms. The van der Waals surface area contributed by atoms with Crippen molar-refractivity contribution in [2.24, 2.45) is 0 Å². The third-order valence-corrected chi connectivity index (χ3v) is 3.18. The first-order valence-corrected chi connectivity index (χ1v) is 7.79. The fourth-order valence-electron chi connectivity index (χ4n) is 2.14. The van der Waals surface area contributed by atoms with Gasteiger partial charge in [0.1, 0.15) is 5.69 Å². The van der Waals surface area contributed by atoms with Crippen molar-refractivity contribution in [1.82, 2.24) is 9.97 Å². The van der Waals surface area contributed by atoms with Crippen molar-refractivity contribution in [3.8, 4) is 23.4 Å². The SMILES string of the molecule is CCOc1ncc(NC(=O)c2cccc(OC)c2OC)c(OCC)n1. The summed E-state index contributed by atoms with van der Waals surface area (Å²) in [6.07, 6.45) is 1.44. The van der Waals surface area contributed by atoms with Gasteiger partial charge in [0.05, 0.1) is 39.2 Å². The Balaban J connectivity index is 2.31. The van der Waals surface area contributed by atoms with Gasteiger partial charge < -0.3 is 24.3 Å². The summed E-state index contributed by atoms with van der Waals surface area (Å²) < 4.78 is 21.2. The number of benzene rings is 1. The molecule has 0 aliphatic rings. The lowest BCUT2D eigenvalue weighted by Crippen LogP contribution is -2.15. The smallest absolute Gasteiger partial charge is 0.319 e. The Morgan fingerprint density at radius 3 is 2.52 bits per heavy atom. The zero-order valence-corrected chi connectivity index (χ0v) is 14.7. The molecule has 134 valence electrons. The third-order valence-electron chi connectivity index (χ3n) is 3.18. The van der Waals surface area contributed by atoms with Crippen LogP contribution in [0.2, 0.25) is 0 Å². The van der Waals surface area contributed by atoms with E-state index < -0.39 is 5.91 Å². The van der Waals surface area contributed by atoms with Gasteiger partial charge in [0, 0.05) is 0 Å². The number of hydrogen-bond donors (Lipinski definition) is 1. The largest absolute Gasteiger partial charge is 0.493 e. The lowest BCUT2D eigenvalue weighted by atomic mass is 10.1. The highest BCUT2D eigenvalue weighted by atomic mass is 16.5. The highest BCUT2D eigenvalue weighted by molar-refractivity contribution is 6.07. The van der Waals surface area contributed by atoms with Gasteiger partial charge in [-0.3, -0.25) is 4.79 Å². The summed E-state index contributed by atoms with van der Waals surface area (Å²) in [7, 11) is 2.98. The van der Waals surface area contributed by atoms with E-state index >= 15 is 0 Å². The number of carbonyl (C=O) groups excluding carboxylic acids is 1. The highest BCUT2D eigenvalue weighted by Crippen LogP contribution is 2.32. The number of hydrogen-bond acceptors (Lipinski definition) is 7. The Labute approximate surface area is 146 Å². The molecule has 2 rings (SSSR count). The van der Waals surface area contributed by atoms with Gasteiger partial charge in [-0.1, -0.05) is 6.07 Å². The van der Waals surface area contributed by atoms with Crippen LogP contribution in [0, 0.1) is 0 Å². The van der Waals surface area contributed by atoms with E-state index in [2.05, 4.69) is 15.3 Å². The number of nitrogens with one attached hydrogen (secondary N) is 1. The molecule has 0 aliphatic heterocycles. The van der Waals surface area contributed by atoms with Crippen molar-refractivity contribution in [3.63, 3.8) is 0 Å². The molecule has 25 heavy (non-hydrogen) atoms. The molecule has 0 saturated carbocycles. The van der Waals surface area contributed by atoms with E-state index in [1.54, 1.807) is 18.2 Å². The second-order valence-corrected chi connectivity index (χ2v) is 4.73. The van der Waals surface area contributed by atoms with E-state index in [1.165, 1.54) is 20.4 Å². The van der Waals surface area contributed by atoms with Gasteiger partial charge in [-0.2, -0.15) is 4.98 Å². The molecule has 1 aromatic heterocycles. The molecule has 0 aliphatic carbocycles. The highest BCUT2D eigenvalue weighted by Gasteiger charge is 2.19. The van der Waals surface area contributed by atoms with Crippen LogP contribution in [0.15, 0.2) is 24.4 Å². The van der Waals surface area contributed by atoms with Crippen molar-refractivity contribution in [2.45, 2.75) is 13.8 Å². The minimum absolute atomic E-state index is 0.183. The van der Waals surface area contributed by atoms with Crippen molar-refractivity contribution in [3.05, 3.63) is 30.0 Å². The molecule has 0 spiro atoms. The second kappa shape index (κ2) is 8.72. The summed E-state index contributed by atoms with van der Waals surface area (Å²) in [4.78, 5) is 20.8. The maximum atomic E-state index is 12.6. The molecule has 0 radical (unpaired) electrons. The predicted octanol–water partition coefficient (Wildman–Crippen LogP) is 2.54.